The van der Waals surface area contributed by atoms with Gasteiger partial charge in [0, 0.05) is 29.1 Å². The predicted molar refractivity (Wildman–Crippen MR) is 116 cm³/mol. The van der Waals surface area contributed by atoms with Crippen LogP contribution < -0.4 is 5.32 Å². The van der Waals surface area contributed by atoms with Gasteiger partial charge in [-0.1, -0.05) is 25.3 Å². The summed E-state index contributed by atoms with van der Waals surface area (Å²) in [5.41, 5.74) is 2.37. The Morgan fingerprint density at radius 3 is 2.67 bits per heavy atom. The number of esters is 1. The maximum absolute atomic E-state index is 12.2. The second-order valence-corrected chi connectivity index (χ2v) is 8.54. The first-order chi connectivity index (χ1) is 14.7. The van der Waals surface area contributed by atoms with Gasteiger partial charge in [0.25, 0.3) is 5.91 Å². The van der Waals surface area contributed by atoms with E-state index < -0.39 is 5.97 Å². The number of nitrogens with one attached hydrogen (secondary N) is 1. The number of carbonyl (C=O) groups is 2. The van der Waals surface area contributed by atoms with Crippen LogP contribution in [0.25, 0.3) is 5.65 Å². The zero-order valence-electron chi connectivity index (χ0n) is 16.8. The van der Waals surface area contributed by atoms with Gasteiger partial charge < -0.3 is 14.5 Å². The minimum atomic E-state index is -0.481. The van der Waals surface area contributed by atoms with Gasteiger partial charge in [-0.15, -0.1) is 11.8 Å². The highest BCUT2D eigenvalue weighted by Crippen LogP contribution is 2.23. The Hall–Kier alpha value is -2.80. The van der Waals surface area contributed by atoms with Crippen LogP contribution in [0.3, 0.4) is 0 Å². The third-order valence-electron chi connectivity index (χ3n) is 5.20. The van der Waals surface area contributed by atoms with E-state index in [2.05, 4.69) is 10.3 Å². The van der Waals surface area contributed by atoms with Crippen molar-refractivity contribution < 1.29 is 14.3 Å². The Morgan fingerprint density at radius 1 is 1.10 bits per heavy atom. The van der Waals surface area contributed by atoms with Crippen molar-refractivity contribution in [3.05, 3.63) is 66.1 Å². The lowest BCUT2D eigenvalue weighted by Crippen LogP contribution is -2.38. The van der Waals surface area contributed by atoms with Crippen LogP contribution in [0.4, 0.5) is 0 Å². The third kappa shape index (κ3) is 5.42. The number of nitrogens with zero attached hydrogens (tertiary/aromatic N) is 2. The van der Waals surface area contributed by atoms with E-state index in [-0.39, 0.29) is 18.6 Å². The van der Waals surface area contributed by atoms with Crippen LogP contribution in [0.15, 0.2) is 59.8 Å². The van der Waals surface area contributed by atoms with Gasteiger partial charge in [-0.2, -0.15) is 0 Å². The largest absolute Gasteiger partial charge is 0.452 e. The molecule has 156 valence electrons. The fourth-order valence-corrected chi connectivity index (χ4v) is 4.41. The highest BCUT2D eigenvalue weighted by Gasteiger charge is 2.17. The van der Waals surface area contributed by atoms with Crippen LogP contribution in [0.5, 0.6) is 0 Å². The number of benzene rings is 1. The van der Waals surface area contributed by atoms with Gasteiger partial charge in [-0.25, -0.2) is 9.78 Å². The lowest BCUT2D eigenvalue weighted by molar-refractivity contribution is -0.125. The van der Waals surface area contributed by atoms with E-state index in [0.717, 1.165) is 47.7 Å². The summed E-state index contributed by atoms with van der Waals surface area (Å²) in [4.78, 5) is 29.8. The first-order valence-corrected chi connectivity index (χ1v) is 11.3. The molecule has 0 spiro atoms. The number of fused-ring (bicyclic) bond motifs is 1. The number of imidazole rings is 1. The molecule has 1 fully saturated rings. The number of carbonyl (C=O) groups excluding carboxylic acids is 2. The van der Waals surface area contributed by atoms with Crippen molar-refractivity contribution in [3.8, 4) is 0 Å². The average molecular weight is 424 g/mol. The van der Waals surface area contributed by atoms with E-state index in [9.17, 15) is 9.59 Å². The first kappa shape index (κ1) is 20.5. The van der Waals surface area contributed by atoms with Crippen LogP contribution in [0.1, 0.15) is 48.2 Å². The van der Waals surface area contributed by atoms with Crippen molar-refractivity contribution in [2.24, 2.45) is 0 Å². The maximum Gasteiger partial charge on any atom is 0.338 e. The molecule has 1 aromatic carbocycles. The van der Waals surface area contributed by atoms with Gasteiger partial charge >= 0.3 is 5.97 Å². The van der Waals surface area contributed by atoms with E-state index >= 15 is 0 Å². The molecule has 1 saturated carbocycles. The number of rotatable bonds is 7. The highest BCUT2D eigenvalue weighted by atomic mass is 32.2. The molecule has 0 radical (unpaired) electrons. The molecule has 1 amide bonds. The zero-order chi connectivity index (χ0) is 20.8. The molecule has 7 heteroatoms. The number of hydrogen-bond acceptors (Lipinski definition) is 5. The summed E-state index contributed by atoms with van der Waals surface area (Å²) in [6, 6.07) is 13.4. The van der Waals surface area contributed by atoms with Crippen molar-refractivity contribution in [1.29, 1.82) is 0 Å². The van der Waals surface area contributed by atoms with Crippen LogP contribution in [-0.4, -0.2) is 33.9 Å². The van der Waals surface area contributed by atoms with Gasteiger partial charge in [0.1, 0.15) is 5.65 Å². The molecule has 1 N–H and O–H groups in total. The number of ether oxygens (including phenoxy) is 1. The molecule has 0 aliphatic heterocycles. The van der Waals surface area contributed by atoms with Gasteiger partial charge in [-0.3, -0.25) is 4.79 Å². The molecule has 0 unspecified atom stereocenters. The average Bonchev–Trinajstić information content (AvgIpc) is 3.20. The Bertz CT molecular complexity index is 977. The Morgan fingerprint density at radius 2 is 1.90 bits per heavy atom. The molecule has 0 bridgehead atoms. The minimum Gasteiger partial charge on any atom is -0.452 e. The SMILES string of the molecule is O=C(COC(=O)c1ccc(SCc2cn3ccccc3n2)cc1)NC1CCCCC1. The smallest absolute Gasteiger partial charge is 0.338 e. The summed E-state index contributed by atoms with van der Waals surface area (Å²) in [5, 5.41) is 2.95. The predicted octanol–water partition coefficient (Wildman–Crippen LogP) is 4.23. The monoisotopic (exact) mass is 423 g/mol. The standard InChI is InChI=1S/C23H25N3O3S/c27-22(25-18-6-2-1-3-7-18)15-29-23(28)17-9-11-20(12-10-17)30-16-19-14-26-13-5-4-8-21(26)24-19/h4-5,8-14,18H,1-3,6-7,15-16H2,(H,25,27). The lowest BCUT2D eigenvalue weighted by Gasteiger charge is -2.22. The fraction of sp³-hybridized carbons (Fsp3) is 0.348. The minimum absolute atomic E-state index is 0.217. The molecule has 2 aromatic heterocycles. The molecule has 6 nitrogen and oxygen atoms in total. The summed E-state index contributed by atoms with van der Waals surface area (Å²) < 4.78 is 7.16. The van der Waals surface area contributed by atoms with Crippen molar-refractivity contribution in [2.75, 3.05) is 6.61 Å². The Kier molecular flexibility index (Phi) is 6.69. The van der Waals surface area contributed by atoms with E-state index in [1.165, 1.54) is 6.42 Å². The topological polar surface area (TPSA) is 72.7 Å². The van der Waals surface area contributed by atoms with Crippen LogP contribution in [0.2, 0.25) is 0 Å². The van der Waals surface area contributed by atoms with Crippen molar-refractivity contribution in [2.45, 2.75) is 48.8 Å². The zero-order valence-corrected chi connectivity index (χ0v) is 17.6. The lowest BCUT2D eigenvalue weighted by atomic mass is 9.95. The quantitative estimate of drug-likeness (QED) is 0.455. The molecule has 2 heterocycles. The molecule has 3 aromatic rings. The molecule has 0 atom stereocenters. The van der Waals surface area contributed by atoms with E-state index in [1.807, 2.05) is 47.1 Å². The maximum atomic E-state index is 12.2. The number of pyridine rings is 1. The molecular formula is C23H25N3O3S. The van der Waals surface area contributed by atoms with Gasteiger partial charge in [0.05, 0.1) is 11.3 Å². The van der Waals surface area contributed by atoms with Crippen molar-refractivity contribution in [1.82, 2.24) is 14.7 Å². The second kappa shape index (κ2) is 9.80. The molecule has 1 aliphatic rings. The summed E-state index contributed by atoms with van der Waals surface area (Å²) in [7, 11) is 0. The van der Waals surface area contributed by atoms with Gasteiger partial charge in [0.2, 0.25) is 0 Å². The van der Waals surface area contributed by atoms with E-state index in [1.54, 1.807) is 23.9 Å². The van der Waals surface area contributed by atoms with Crippen molar-refractivity contribution >= 4 is 29.3 Å². The summed E-state index contributed by atoms with van der Waals surface area (Å²) in [5.74, 6) is 0.0351. The van der Waals surface area contributed by atoms with Crippen molar-refractivity contribution in [3.63, 3.8) is 0 Å². The number of aromatic nitrogens is 2. The normalized spacial score (nSPS) is 14.5. The highest BCUT2D eigenvalue weighted by molar-refractivity contribution is 7.98. The number of thioether (sulfide) groups is 1. The Labute approximate surface area is 180 Å². The van der Waals surface area contributed by atoms with Gasteiger partial charge in [0.15, 0.2) is 6.61 Å². The fourth-order valence-electron chi connectivity index (χ4n) is 3.63. The molecule has 30 heavy (non-hydrogen) atoms. The van der Waals surface area contributed by atoms with E-state index in [4.69, 9.17) is 4.74 Å². The number of amides is 1. The van der Waals surface area contributed by atoms with E-state index in [0.29, 0.717) is 5.56 Å². The van der Waals surface area contributed by atoms with Gasteiger partial charge in [-0.05, 0) is 49.2 Å². The molecule has 0 saturated heterocycles. The number of hydrogen-bond donors (Lipinski definition) is 1. The summed E-state index contributed by atoms with van der Waals surface area (Å²) in [6.45, 7) is -0.236. The summed E-state index contributed by atoms with van der Waals surface area (Å²) >= 11 is 1.65. The molecule has 4 rings (SSSR count). The summed E-state index contributed by atoms with van der Waals surface area (Å²) in [6.07, 6.45) is 9.54. The molecule has 1 aliphatic carbocycles. The van der Waals surface area contributed by atoms with Crippen LogP contribution in [0, 0.1) is 0 Å². The molecular weight excluding hydrogens is 398 g/mol. The first-order valence-electron chi connectivity index (χ1n) is 10.3. The third-order valence-corrected chi connectivity index (χ3v) is 6.24. The van der Waals surface area contributed by atoms with Crippen LogP contribution >= 0.6 is 11.8 Å². The second-order valence-electron chi connectivity index (χ2n) is 7.49. The Balaban J connectivity index is 1.24. The van der Waals surface area contributed by atoms with Crippen LogP contribution in [-0.2, 0) is 15.3 Å².